The summed E-state index contributed by atoms with van der Waals surface area (Å²) in [5, 5.41) is 0. The first-order valence-corrected chi connectivity index (χ1v) is 7.45. The second kappa shape index (κ2) is 5.79. The van der Waals surface area contributed by atoms with E-state index in [1.807, 2.05) is 0 Å². The number of hydrogen-bond donors (Lipinski definition) is 1. The van der Waals surface area contributed by atoms with Gasteiger partial charge in [-0.2, -0.15) is 0 Å². The van der Waals surface area contributed by atoms with E-state index in [9.17, 15) is 13.0 Å². The maximum atomic E-state index is 13.3. The molecule has 6 heteroatoms. The molecule has 1 unspecified atom stereocenters. The molecule has 2 rings (SSSR count). The first-order valence-electron chi connectivity index (χ1n) is 5.34. The Morgan fingerprint density at radius 3 is 2.53 bits per heavy atom. The van der Waals surface area contributed by atoms with Crippen LogP contribution in [0.1, 0.15) is 5.56 Å². The quantitative estimate of drug-likeness (QED) is 0.863. The third-order valence-electron chi connectivity index (χ3n) is 2.45. The molecule has 0 saturated heterocycles. The van der Waals surface area contributed by atoms with Crippen molar-refractivity contribution in [3.05, 3.63) is 58.1 Å². The van der Waals surface area contributed by atoms with Gasteiger partial charge in [0, 0.05) is 9.37 Å². The predicted octanol–water partition coefficient (Wildman–Crippen LogP) is 3.62. The minimum atomic E-state index is -1.45. The molecule has 0 radical (unpaired) electrons. The number of rotatable bonds is 3. The highest BCUT2D eigenvalue weighted by atomic mass is 79.9. The summed E-state index contributed by atoms with van der Waals surface area (Å²) in [5.41, 5.74) is 5.93. The summed E-state index contributed by atoms with van der Waals surface area (Å²) in [5.74, 6) is -0.907. The lowest BCUT2D eigenvalue weighted by Gasteiger charge is -2.05. The van der Waals surface area contributed by atoms with Crippen molar-refractivity contribution in [2.75, 3.05) is 5.73 Å². The molecule has 19 heavy (non-hydrogen) atoms. The molecule has 2 N–H and O–H groups in total. The summed E-state index contributed by atoms with van der Waals surface area (Å²) in [6, 6.07) is 8.30. The SMILES string of the molecule is Nc1ccc(S(=O)Cc2cc(F)cc(Br)c2)cc1F. The van der Waals surface area contributed by atoms with Crippen molar-refractivity contribution < 1.29 is 13.0 Å². The van der Waals surface area contributed by atoms with Crippen molar-refractivity contribution >= 4 is 32.4 Å². The number of nitrogens with two attached hydrogens (primary N) is 1. The normalized spacial score (nSPS) is 12.4. The van der Waals surface area contributed by atoms with Crippen LogP contribution < -0.4 is 5.73 Å². The molecule has 100 valence electrons. The Hall–Kier alpha value is -1.27. The van der Waals surface area contributed by atoms with Gasteiger partial charge in [-0.3, -0.25) is 4.21 Å². The fourth-order valence-corrected chi connectivity index (χ4v) is 3.18. The lowest BCUT2D eigenvalue weighted by atomic mass is 10.2. The second-order valence-corrected chi connectivity index (χ2v) is 6.32. The Labute approximate surface area is 120 Å². The van der Waals surface area contributed by atoms with Crippen molar-refractivity contribution in [3.8, 4) is 0 Å². The smallest absolute Gasteiger partial charge is 0.147 e. The molecule has 1 atom stereocenters. The van der Waals surface area contributed by atoms with Gasteiger partial charge in [-0.1, -0.05) is 15.9 Å². The molecule has 0 aromatic heterocycles. The largest absolute Gasteiger partial charge is 0.396 e. The second-order valence-electron chi connectivity index (χ2n) is 3.95. The van der Waals surface area contributed by atoms with Gasteiger partial charge in [0.05, 0.1) is 22.2 Å². The van der Waals surface area contributed by atoms with Crippen molar-refractivity contribution in [2.24, 2.45) is 0 Å². The summed E-state index contributed by atoms with van der Waals surface area (Å²) < 4.78 is 39.1. The van der Waals surface area contributed by atoms with Gasteiger partial charge < -0.3 is 5.73 Å². The van der Waals surface area contributed by atoms with Gasteiger partial charge in [0.25, 0.3) is 0 Å². The van der Waals surface area contributed by atoms with Crippen LogP contribution in [0.2, 0.25) is 0 Å². The van der Waals surface area contributed by atoms with Gasteiger partial charge in [0.15, 0.2) is 0 Å². The monoisotopic (exact) mass is 345 g/mol. The van der Waals surface area contributed by atoms with Crippen molar-refractivity contribution in [1.82, 2.24) is 0 Å². The Kier molecular flexibility index (Phi) is 4.31. The number of nitrogen functional groups attached to an aromatic ring is 1. The van der Waals surface area contributed by atoms with E-state index in [0.29, 0.717) is 14.9 Å². The molecule has 0 bridgehead atoms. The Bertz CT molecular complexity index is 628. The molecule has 2 nitrogen and oxygen atoms in total. The van der Waals surface area contributed by atoms with Crippen LogP contribution in [0.5, 0.6) is 0 Å². The van der Waals surface area contributed by atoms with Crippen molar-refractivity contribution in [2.45, 2.75) is 10.6 Å². The molecule has 0 amide bonds. The maximum absolute atomic E-state index is 13.3. The number of anilines is 1. The highest BCUT2D eigenvalue weighted by Gasteiger charge is 2.09. The molecule has 0 aliphatic carbocycles. The lowest BCUT2D eigenvalue weighted by molar-refractivity contribution is 0.624. The molecule has 0 heterocycles. The Balaban J connectivity index is 2.22. The Morgan fingerprint density at radius 2 is 1.89 bits per heavy atom. The van der Waals surface area contributed by atoms with Crippen LogP contribution in [-0.4, -0.2) is 4.21 Å². The van der Waals surface area contributed by atoms with E-state index < -0.39 is 22.4 Å². The van der Waals surface area contributed by atoms with Crippen LogP contribution in [0.4, 0.5) is 14.5 Å². The summed E-state index contributed by atoms with van der Waals surface area (Å²) in [4.78, 5) is 0.326. The van der Waals surface area contributed by atoms with Gasteiger partial charge >= 0.3 is 0 Å². The van der Waals surface area contributed by atoms with E-state index >= 15 is 0 Å². The molecule has 2 aromatic rings. The van der Waals surface area contributed by atoms with Crippen molar-refractivity contribution in [3.63, 3.8) is 0 Å². The first-order chi connectivity index (χ1) is 8.95. The molecule has 2 aromatic carbocycles. The number of hydrogen-bond acceptors (Lipinski definition) is 2. The number of halogens is 3. The fraction of sp³-hybridized carbons (Fsp3) is 0.0769. The van der Waals surface area contributed by atoms with Gasteiger partial charge in [-0.05, 0) is 42.0 Å². The van der Waals surface area contributed by atoms with E-state index in [-0.39, 0.29) is 11.4 Å². The molecule has 0 aliphatic rings. The van der Waals surface area contributed by atoms with Crippen LogP contribution in [0, 0.1) is 11.6 Å². The van der Waals surface area contributed by atoms with E-state index in [4.69, 9.17) is 5.73 Å². The molecule has 0 fully saturated rings. The number of benzene rings is 2. The van der Waals surface area contributed by atoms with Gasteiger partial charge in [-0.25, -0.2) is 8.78 Å². The highest BCUT2D eigenvalue weighted by molar-refractivity contribution is 9.10. The summed E-state index contributed by atoms with van der Waals surface area (Å²) in [6.45, 7) is 0. The van der Waals surface area contributed by atoms with E-state index in [2.05, 4.69) is 15.9 Å². The zero-order valence-corrected chi connectivity index (χ0v) is 12.1. The van der Waals surface area contributed by atoms with Gasteiger partial charge in [-0.15, -0.1) is 0 Å². The van der Waals surface area contributed by atoms with E-state index in [0.717, 1.165) is 6.07 Å². The first kappa shape index (κ1) is 14.1. The fourth-order valence-electron chi connectivity index (χ4n) is 1.58. The van der Waals surface area contributed by atoms with Gasteiger partial charge in [0.2, 0.25) is 0 Å². The zero-order valence-electron chi connectivity index (χ0n) is 9.70. The average molecular weight is 346 g/mol. The molecular formula is C13H10BrF2NOS. The maximum Gasteiger partial charge on any atom is 0.147 e. The van der Waals surface area contributed by atoms with E-state index in [1.165, 1.54) is 24.3 Å². The van der Waals surface area contributed by atoms with Crippen LogP contribution >= 0.6 is 15.9 Å². The van der Waals surface area contributed by atoms with Crippen LogP contribution in [0.15, 0.2) is 45.8 Å². The van der Waals surface area contributed by atoms with Gasteiger partial charge in [0.1, 0.15) is 11.6 Å². The summed E-state index contributed by atoms with van der Waals surface area (Å²) >= 11 is 3.16. The lowest BCUT2D eigenvalue weighted by Crippen LogP contribution is -1.99. The van der Waals surface area contributed by atoms with E-state index in [1.54, 1.807) is 6.07 Å². The molecule has 0 aliphatic heterocycles. The van der Waals surface area contributed by atoms with Crippen LogP contribution in [-0.2, 0) is 16.6 Å². The average Bonchev–Trinajstić information content (AvgIpc) is 2.31. The molecule has 0 spiro atoms. The van der Waals surface area contributed by atoms with Crippen LogP contribution in [0.3, 0.4) is 0 Å². The topological polar surface area (TPSA) is 43.1 Å². The minimum Gasteiger partial charge on any atom is -0.396 e. The minimum absolute atomic E-state index is 0.00856. The predicted molar refractivity (Wildman–Crippen MR) is 75.0 cm³/mol. The Morgan fingerprint density at radius 1 is 1.16 bits per heavy atom. The third kappa shape index (κ3) is 3.61. The molecule has 0 saturated carbocycles. The zero-order chi connectivity index (χ0) is 14.0. The summed E-state index contributed by atoms with van der Waals surface area (Å²) in [7, 11) is -1.45. The third-order valence-corrected chi connectivity index (χ3v) is 4.29. The highest BCUT2D eigenvalue weighted by Crippen LogP contribution is 2.20. The molecular weight excluding hydrogens is 336 g/mol. The standard InChI is InChI=1S/C13H10BrF2NOS/c14-9-3-8(4-10(15)5-9)7-19(18)11-1-2-13(17)12(16)6-11/h1-6H,7,17H2. The van der Waals surface area contributed by atoms with Crippen LogP contribution in [0.25, 0.3) is 0 Å². The van der Waals surface area contributed by atoms with Crippen molar-refractivity contribution in [1.29, 1.82) is 0 Å². The summed E-state index contributed by atoms with van der Waals surface area (Å²) in [6.07, 6.45) is 0.